The van der Waals surface area contributed by atoms with Crippen LogP contribution in [-0.2, 0) is 14.3 Å². The molecule has 4 heteroatoms. The summed E-state index contributed by atoms with van der Waals surface area (Å²) in [4.78, 5) is 22.5. The van der Waals surface area contributed by atoms with Crippen LogP contribution in [0.25, 0.3) is 5.76 Å². The zero-order valence-electron chi connectivity index (χ0n) is 10.9. The van der Waals surface area contributed by atoms with Gasteiger partial charge < -0.3 is 14.6 Å². The van der Waals surface area contributed by atoms with E-state index in [1.54, 1.807) is 0 Å². The van der Waals surface area contributed by atoms with Crippen LogP contribution in [0.5, 0.6) is 0 Å². The predicted octanol–water partition coefficient (Wildman–Crippen LogP) is 1.27. The molecular weight excluding hydrogens is 244 g/mol. The summed E-state index contributed by atoms with van der Waals surface area (Å²) in [5.41, 5.74) is 2.65. The van der Waals surface area contributed by atoms with E-state index in [1.165, 1.54) is 13.0 Å². The number of carbonyl (C=O) groups excluding carboxylic acids is 2. The maximum atomic E-state index is 11.7. The smallest absolute Gasteiger partial charge is 0.225 e. The molecule has 0 fully saturated rings. The summed E-state index contributed by atoms with van der Waals surface area (Å²) >= 11 is 0. The fraction of sp³-hybridized carbons (Fsp3) is 0.200. The van der Waals surface area contributed by atoms with Gasteiger partial charge in [-0.3, -0.25) is 4.79 Å². The quantitative estimate of drug-likeness (QED) is 0.748. The molecule has 2 rings (SSSR count). The van der Waals surface area contributed by atoms with E-state index in [2.05, 4.69) is 0 Å². The van der Waals surface area contributed by atoms with Gasteiger partial charge in [0.25, 0.3) is 0 Å². The number of carboxylic acids is 1. The molecule has 1 aromatic carbocycles. The Morgan fingerprint density at radius 3 is 2.53 bits per heavy atom. The SMILES string of the molecule is CC(C(=O)[O-])=C1OC(c2ccc(C)cc2C)=CC1=O. The van der Waals surface area contributed by atoms with Crippen molar-refractivity contribution >= 4 is 17.5 Å². The van der Waals surface area contributed by atoms with Crippen LogP contribution in [0.4, 0.5) is 0 Å². The Kier molecular flexibility index (Phi) is 3.25. The summed E-state index contributed by atoms with van der Waals surface area (Å²) in [5.74, 6) is -1.65. The van der Waals surface area contributed by atoms with E-state index >= 15 is 0 Å². The molecule has 0 aliphatic carbocycles. The summed E-state index contributed by atoms with van der Waals surface area (Å²) in [6.45, 7) is 5.17. The van der Waals surface area contributed by atoms with Gasteiger partial charge in [0.15, 0.2) is 5.76 Å². The van der Waals surface area contributed by atoms with E-state index in [-0.39, 0.29) is 11.3 Å². The number of ketones is 1. The number of aryl methyl sites for hydroxylation is 2. The van der Waals surface area contributed by atoms with Crippen molar-refractivity contribution in [2.75, 3.05) is 0 Å². The first-order chi connectivity index (χ1) is 8.90. The molecular formula is C15H13O4-. The van der Waals surface area contributed by atoms with Gasteiger partial charge >= 0.3 is 0 Å². The summed E-state index contributed by atoms with van der Waals surface area (Å²) in [6, 6.07) is 5.72. The molecule has 0 saturated heterocycles. The first-order valence-corrected chi connectivity index (χ1v) is 5.84. The van der Waals surface area contributed by atoms with Crippen molar-refractivity contribution in [2.45, 2.75) is 20.8 Å². The van der Waals surface area contributed by atoms with Crippen LogP contribution in [0.2, 0.25) is 0 Å². The van der Waals surface area contributed by atoms with Crippen molar-refractivity contribution in [1.82, 2.24) is 0 Å². The van der Waals surface area contributed by atoms with Crippen LogP contribution >= 0.6 is 0 Å². The zero-order chi connectivity index (χ0) is 14.2. The lowest BCUT2D eigenvalue weighted by molar-refractivity contribution is -0.299. The summed E-state index contributed by atoms with van der Waals surface area (Å²) in [6.07, 6.45) is 1.30. The van der Waals surface area contributed by atoms with Crippen LogP contribution < -0.4 is 5.11 Å². The maximum Gasteiger partial charge on any atom is 0.225 e. The third-order valence-corrected chi connectivity index (χ3v) is 2.99. The first-order valence-electron chi connectivity index (χ1n) is 5.84. The molecule has 0 N–H and O–H groups in total. The standard InChI is InChI=1S/C15H14O4/c1-8-4-5-11(9(2)6-8)13-7-12(16)14(19-13)10(3)15(17)18/h4-7H,1-3H3,(H,17,18)/p-1. The number of allylic oxidation sites excluding steroid dienone is 1. The van der Waals surface area contributed by atoms with Crippen molar-refractivity contribution < 1.29 is 19.4 Å². The number of rotatable bonds is 2. The lowest BCUT2D eigenvalue weighted by Gasteiger charge is -2.10. The second-order valence-electron chi connectivity index (χ2n) is 4.53. The molecule has 1 aromatic rings. The molecule has 0 aromatic heterocycles. The predicted molar refractivity (Wildman–Crippen MR) is 67.7 cm³/mol. The molecule has 1 aliphatic heterocycles. The number of hydrogen-bond donors (Lipinski definition) is 0. The van der Waals surface area contributed by atoms with Gasteiger partial charge in [-0.1, -0.05) is 23.8 Å². The summed E-state index contributed by atoms with van der Waals surface area (Å²) < 4.78 is 5.37. The molecule has 98 valence electrons. The molecule has 19 heavy (non-hydrogen) atoms. The summed E-state index contributed by atoms with van der Waals surface area (Å²) in [5, 5.41) is 10.8. The Bertz CT molecular complexity index is 636. The van der Waals surface area contributed by atoms with E-state index in [4.69, 9.17) is 4.74 Å². The van der Waals surface area contributed by atoms with Crippen molar-refractivity contribution in [1.29, 1.82) is 0 Å². The average molecular weight is 257 g/mol. The number of carboxylic acid groups (broad SMARTS) is 1. The first kappa shape index (κ1) is 13.1. The van der Waals surface area contributed by atoms with Crippen LogP contribution in [0.1, 0.15) is 23.6 Å². The van der Waals surface area contributed by atoms with Gasteiger partial charge in [0.2, 0.25) is 5.78 Å². The number of hydrogen-bond acceptors (Lipinski definition) is 4. The number of carbonyl (C=O) groups is 2. The van der Waals surface area contributed by atoms with E-state index < -0.39 is 11.8 Å². The zero-order valence-corrected chi connectivity index (χ0v) is 10.9. The molecule has 0 spiro atoms. The minimum atomic E-state index is -1.40. The normalized spacial score (nSPS) is 17.0. The molecule has 0 unspecified atom stereocenters. The Morgan fingerprint density at radius 2 is 1.95 bits per heavy atom. The second kappa shape index (κ2) is 4.72. The molecule has 1 heterocycles. The highest BCUT2D eigenvalue weighted by atomic mass is 16.5. The highest BCUT2D eigenvalue weighted by Crippen LogP contribution is 2.30. The lowest BCUT2D eigenvalue weighted by atomic mass is 10.0. The fourth-order valence-corrected chi connectivity index (χ4v) is 1.95. The second-order valence-corrected chi connectivity index (χ2v) is 4.53. The number of aliphatic carboxylic acids is 1. The summed E-state index contributed by atoms with van der Waals surface area (Å²) in [7, 11) is 0. The molecule has 0 radical (unpaired) electrons. The van der Waals surface area contributed by atoms with Gasteiger partial charge in [-0.05, 0) is 26.3 Å². The molecule has 1 aliphatic rings. The highest BCUT2D eigenvalue weighted by Gasteiger charge is 2.25. The fourth-order valence-electron chi connectivity index (χ4n) is 1.95. The van der Waals surface area contributed by atoms with Crippen LogP contribution in [0.3, 0.4) is 0 Å². The van der Waals surface area contributed by atoms with Crippen molar-refractivity contribution in [2.24, 2.45) is 0 Å². The van der Waals surface area contributed by atoms with Crippen molar-refractivity contribution in [3.05, 3.63) is 52.3 Å². The Hall–Kier alpha value is -2.36. The van der Waals surface area contributed by atoms with Crippen molar-refractivity contribution in [3.8, 4) is 0 Å². The third kappa shape index (κ3) is 2.42. The Balaban J connectivity index is 2.41. The molecule has 0 bridgehead atoms. The van der Waals surface area contributed by atoms with Gasteiger partial charge in [-0.2, -0.15) is 0 Å². The van der Waals surface area contributed by atoms with E-state index in [9.17, 15) is 14.7 Å². The topological polar surface area (TPSA) is 66.4 Å². The van der Waals surface area contributed by atoms with Crippen molar-refractivity contribution in [3.63, 3.8) is 0 Å². The molecule has 0 atom stereocenters. The Morgan fingerprint density at radius 1 is 1.26 bits per heavy atom. The van der Waals surface area contributed by atoms with Crippen LogP contribution in [0.15, 0.2) is 35.6 Å². The van der Waals surface area contributed by atoms with Gasteiger partial charge in [0.05, 0.1) is 5.97 Å². The van der Waals surface area contributed by atoms with E-state index in [0.29, 0.717) is 5.76 Å². The van der Waals surface area contributed by atoms with E-state index in [1.807, 2.05) is 32.0 Å². The minimum absolute atomic E-state index is 0.171. The van der Waals surface area contributed by atoms with Gasteiger partial charge in [0.1, 0.15) is 5.76 Å². The monoisotopic (exact) mass is 257 g/mol. The minimum Gasteiger partial charge on any atom is -0.545 e. The van der Waals surface area contributed by atoms with Gasteiger partial charge in [-0.15, -0.1) is 0 Å². The lowest BCUT2D eigenvalue weighted by Crippen LogP contribution is -2.25. The number of benzene rings is 1. The molecule has 0 saturated carbocycles. The van der Waals surface area contributed by atoms with Crippen LogP contribution in [-0.4, -0.2) is 11.8 Å². The Labute approximate surface area is 111 Å². The maximum absolute atomic E-state index is 11.7. The largest absolute Gasteiger partial charge is 0.545 e. The highest BCUT2D eigenvalue weighted by molar-refractivity contribution is 6.13. The number of ether oxygens (including phenoxy) is 1. The average Bonchev–Trinajstić information content (AvgIpc) is 2.69. The van der Waals surface area contributed by atoms with Gasteiger partial charge in [-0.25, -0.2) is 0 Å². The third-order valence-electron chi connectivity index (χ3n) is 2.99. The van der Waals surface area contributed by atoms with Crippen LogP contribution in [0, 0.1) is 13.8 Å². The molecule has 0 amide bonds. The molecule has 4 nitrogen and oxygen atoms in total. The van der Waals surface area contributed by atoms with E-state index in [0.717, 1.165) is 16.7 Å². The van der Waals surface area contributed by atoms with Gasteiger partial charge in [0, 0.05) is 17.2 Å².